The molecule has 0 aromatic rings. The van der Waals surface area contributed by atoms with E-state index in [1.165, 1.54) is 0 Å². The van der Waals surface area contributed by atoms with E-state index >= 15 is 0 Å². The molecule has 0 aromatic carbocycles. The molecule has 0 heterocycles. The van der Waals surface area contributed by atoms with Crippen molar-refractivity contribution in [2.75, 3.05) is 13.1 Å². The standard InChI is InChI=1S/C14H28N2O3/c1-6-14(7-2,8-3)15-13(19)16(9-4)10-11(5)12(17)18/h11H,6-10H2,1-5H3,(H,15,19)(H,17,18). The fourth-order valence-corrected chi connectivity index (χ4v) is 2.09. The van der Waals surface area contributed by atoms with Gasteiger partial charge in [-0.05, 0) is 26.2 Å². The Morgan fingerprint density at radius 1 is 1.16 bits per heavy atom. The van der Waals surface area contributed by atoms with Gasteiger partial charge in [0, 0.05) is 18.6 Å². The summed E-state index contributed by atoms with van der Waals surface area (Å²) < 4.78 is 0. The molecule has 0 fully saturated rings. The number of hydrogen-bond donors (Lipinski definition) is 2. The molecule has 5 nitrogen and oxygen atoms in total. The van der Waals surface area contributed by atoms with Crippen LogP contribution < -0.4 is 5.32 Å². The van der Waals surface area contributed by atoms with Crippen LogP contribution in [-0.4, -0.2) is 40.6 Å². The number of nitrogens with zero attached hydrogens (tertiary/aromatic N) is 1. The lowest BCUT2D eigenvalue weighted by atomic mass is 9.90. The van der Waals surface area contributed by atoms with E-state index < -0.39 is 11.9 Å². The molecule has 0 radical (unpaired) electrons. The van der Waals surface area contributed by atoms with E-state index in [2.05, 4.69) is 26.1 Å². The Bertz CT molecular complexity index is 293. The summed E-state index contributed by atoms with van der Waals surface area (Å²) >= 11 is 0. The number of urea groups is 1. The summed E-state index contributed by atoms with van der Waals surface area (Å²) in [7, 11) is 0. The van der Waals surface area contributed by atoms with Gasteiger partial charge in [0.15, 0.2) is 0 Å². The van der Waals surface area contributed by atoms with Crippen LogP contribution in [0.25, 0.3) is 0 Å². The topological polar surface area (TPSA) is 69.6 Å². The lowest BCUT2D eigenvalue weighted by Crippen LogP contribution is -2.53. The first kappa shape index (κ1) is 17.7. The minimum Gasteiger partial charge on any atom is -0.481 e. The fraction of sp³-hybridized carbons (Fsp3) is 0.857. The average molecular weight is 272 g/mol. The quantitative estimate of drug-likeness (QED) is 0.713. The minimum atomic E-state index is -0.876. The van der Waals surface area contributed by atoms with Crippen LogP contribution in [0.4, 0.5) is 4.79 Å². The van der Waals surface area contributed by atoms with E-state index in [0.29, 0.717) is 6.54 Å². The predicted octanol–water partition coefficient (Wildman–Crippen LogP) is 2.71. The number of carbonyl (C=O) groups excluding carboxylic acids is 1. The maximum Gasteiger partial charge on any atom is 0.317 e. The van der Waals surface area contributed by atoms with Crippen molar-refractivity contribution >= 4 is 12.0 Å². The summed E-state index contributed by atoms with van der Waals surface area (Å²) in [6.45, 7) is 10.4. The largest absolute Gasteiger partial charge is 0.481 e. The van der Waals surface area contributed by atoms with Crippen molar-refractivity contribution in [3.8, 4) is 0 Å². The minimum absolute atomic E-state index is 0.166. The SMILES string of the molecule is CCN(CC(C)C(=O)O)C(=O)NC(CC)(CC)CC. The molecule has 112 valence electrons. The van der Waals surface area contributed by atoms with Crippen LogP contribution >= 0.6 is 0 Å². The molecule has 0 aliphatic rings. The molecule has 0 saturated carbocycles. The second-order valence-electron chi connectivity index (χ2n) is 5.05. The van der Waals surface area contributed by atoms with E-state index in [4.69, 9.17) is 5.11 Å². The van der Waals surface area contributed by atoms with Crippen molar-refractivity contribution in [2.45, 2.75) is 59.4 Å². The second kappa shape index (κ2) is 8.02. The molecule has 1 atom stereocenters. The zero-order chi connectivity index (χ0) is 15.1. The van der Waals surface area contributed by atoms with Crippen LogP contribution in [0.15, 0.2) is 0 Å². The van der Waals surface area contributed by atoms with Crippen molar-refractivity contribution in [2.24, 2.45) is 5.92 Å². The van der Waals surface area contributed by atoms with Crippen LogP contribution in [0.1, 0.15) is 53.9 Å². The van der Waals surface area contributed by atoms with E-state index in [1.54, 1.807) is 11.8 Å². The lowest BCUT2D eigenvalue weighted by molar-refractivity contribution is -0.141. The van der Waals surface area contributed by atoms with Crippen LogP contribution in [-0.2, 0) is 4.79 Å². The number of aliphatic carboxylic acids is 1. The van der Waals surface area contributed by atoms with Crippen molar-refractivity contribution in [3.63, 3.8) is 0 Å². The van der Waals surface area contributed by atoms with Gasteiger partial charge >= 0.3 is 12.0 Å². The highest BCUT2D eigenvalue weighted by molar-refractivity contribution is 5.76. The van der Waals surface area contributed by atoms with E-state index in [0.717, 1.165) is 19.3 Å². The van der Waals surface area contributed by atoms with Crippen molar-refractivity contribution < 1.29 is 14.7 Å². The van der Waals surface area contributed by atoms with E-state index in [-0.39, 0.29) is 18.1 Å². The van der Waals surface area contributed by atoms with E-state index in [9.17, 15) is 9.59 Å². The Morgan fingerprint density at radius 3 is 1.95 bits per heavy atom. The Kier molecular flexibility index (Phi) is 7.49. The summed E-state index contributed by atoms with van der Waals surface area (Å²) in [5.74, 6) is -1.43. The normalized spacial score (nSPS) is 12.9. The van der Waals surface area contributed by atoms with E-state index in [1.807, 2.05) is 6.92 Å². The number of carboxylic acid groups (broad SMARTS) is 1. The second-order valence-corrected chi connectivity index (χ2v) is 5.05. The zero-order valence-corrected chi connectivity index (χ0v) is 12.8. The molecule has 0 aliphatic heterocycles. The third-order valence-electron chi connectivity index (χ3n) is 3.99. The average Bonchev–Trinajstić information content (AvgIpc) is 2.41. The highest BCUT2D eigenvalue weighted by Crippen LogP contribution is 2.19. The highest BCUT2D eigenvalue weighted by atomic mass is 16.4. The van der Waals surface area contributed by atoms with Gasteiger partial charge in [-0.15, -0.1) is 0 Å². The number of carboxylic acids is 1. The Labute approximate surface area is 116 Å². The van der Waals surface area contributed by atoms with Crippen molar-refractivity contribution in [1.82, 2.24) is 10.2 Å². The number of hydrogen-bond acceptors (Lipinski definition) is 2. The van der Waals surface area contributed by atoms with Gasteiger partial charge in [-0.2, -0.15) is 0 Å². The Hall–Kier alpha value is -1.26. The summed E-state index contributed by atoms with van der Waals surface area (Å²) in [4.78, 5) is 24.7. The molecule has 19 heavy (non-hydrogen) atoms. The zero-order valence-electron chi connectivity index (χ0n) is 12.8. The van der Waals surface area contributed by atoms with Crippen LogP contribution in [0.5, 0.6) is 0 Å². The van der Waals surface area contributed by atoms with Crippen molar-refractivity contribution in [3.05, 3.63) is 0 Å². The van der Waals surface area contributed by atoms with Gasteiger partial charge in [0.25, 0.3) is 0 Å². The van der Waals surface area contributed by atoms with Gasteiger partial charge in [-0.1, -0.05) is 27.7 Å². The molecule has 0 saturated heterocycles. The Balaban J connectivity index is 4.71. The van der Waals surface area contributed by atoms with Gasteiger partial charge in [0.05, 0.1) is 5.92 Å². The maximum atomic E-state index is 12.2. The molecule has 0 bridgehead atoms. The fourth-order valence-electron chi connectivity index (χ4n) is 2.09. The third kappa shape index (κ3) is 5.09. The maximum absolute atomic E-state index is 12.2. The summed E-state index contributed by atoms with van der Waals surface area (Å²) in [5, 5.41) is 12.0. The third-order valence-corrected chi connectivity index (χ3v) is 3.99. The molecule has 0 aliphatic carbocycles. The summed E-state index contributed by atoms with van der Waals surface area (Å²) in [6, 6.07) is -0.166. The van der Waals surface area contributed by atoms with Crippen LogP contribution in [0.2, 0.25) is 0 Å². The van der Waals surface area contributed by atoms with Gasteiger partial charge in [-0.25, -0.2) is 4.79 Å². The molecule has 2 N–H and O–H groups in total. The smallest absolute Gasteiger partial charge is 0.317 e. The first-order valence-corrected chi connectivity index (χ1v) is 7.15. The number of carbonyl (C=O) groups is 2. The highest BCUT2D eigenvalue weighted by Gasteiger charge is 2.28. The molecule has 0 aromatic heterocycles. The van der Waals surface area contributed by atoms with Crippen LogP contribution in [0.3, 0.4) is 0 Å². The molecule has 0 spiro atoms. The molecule has 2 amide bonds. The van der Waals surface area contributed by atoms with Crippen LogP contribution in [0, 0.1) is 5.92 Å². The molecule has 0 rings (SSSR count). The van der Waals surface area contributed by atoms with Gasteiger partial charge < -0.3 is 15.3 Å². The van der Waals surface area contributed by atoms with Crippen molar-refractivity contribution in [1.29, 1.82) is 0 Å². The first-order valence-electron chi connectivity index (χ1n) is 7.15. The Morgan fingerprint density at radius 2 is 1.63 bits per heavy atom. The lowest BCUT2D eigenvalue weighted by Gasteiger charge is -2.35. The summed E-state index contributed by atoms with van der Waals surface area (Å²) in [5.41, 5.74) is -0.184. The van der Waals surface area contributed by atoms with Gasteiger partial charge in [-0.3, -0.25) is 4.79 Å². The number of rotatable bonds is 8. The number of nitrogens with one attached hydrogen (secondary N) is 1. The molecular formula is C14H28N2O3. The monoisotopic (exact) mass is 272 g/mol. The van der Waals surface area contributed by atoms with Gasteiger partial charge in [0.2, 0.25) is 0 Å². The van der Waals surface area contributed by atoms with Gasteiger partial charge in [0.1, 0.15) is 0 Å². The predicted molar refractivity (Wildman–Crippen MR) is 76.2 cm³/mol. The number of amides is 2. The molecule has 1 unspecified atom stereocenters. The molecular weight excluding hydrogens is 244 g/mol. The first-order chi connectivity index (χ1) is 8.85. The molecule has 5 heteroatoms. The summed E-state index contributed by atoms with van der Waals surface area (Å²) in [6.07, 6.45) is 2.62.